The molecule has 5 aromatic heterocycles. The van der Waals surface area contributed by atoms with Gasteiger partial charge in [0.05, 0.1) is 34.1 Å². The first-order valence-corrected chi connectivity index (χ1v) is 11.5. The van der Waals surface area contributed by atoms with Crippen molar-refractivity contribution in [3.8, 4) is 33.9 Å². The predicted octanol–water partition coefficient (Wildman–Crippen LogP) is 5.75. The van der Waals surface area contributed by atoms with Crippen molar-refractivity contribution < 1.29 is 0 Å². The standard InChI is InChI=1S/C27H24N8/c1-15(2)30-19-10-18(11-28-12-19)21-7-8-22-25(31-21)26(35-34-22)27-32-23-14-29-13-20(24(23)33-27)17-6-4-5-16(3)9-17/h4-15,30H,1-3H3,(H,32,33)(H,34,35). The Kier molecular flexibility index (Phi) is 4.99. The summed E-state index contributed by atoms with van der Waals surface area (Å²) in [6.07, 6.45) is 7.28. The summed E-state index contributed by atoms with van der Waals surface area (Å²) in [6, 6.07) is 14.7. The Morgan fingerprint density at radius 1 is 0.829 bits per heavy atom. The molecule has 3 N–H and O–H groups in total. The van der Waals surface area contributed by atoms with E-state index in [1.54, 1.807) is 6.20 Å². The Balaban J connectivity index is 1.45. The van der Waals surface area contributed by atoms with E-state index in [2.05, 4.69) is 75.5 Å². The van der Waals surface area contributed by atoms with Crippen molar-refractivity contribution >= 4 is 27.8 Å². The average molecular weight is 461 g/mol. The van der Waals surface area contributed by atoms with Gasteiger partial charge in [-0.3, -0.25) is 15.1 Å². The molecule has 172 valence electrons. The number of aromatic nitrogens is 7. The topological polar surface area (TPSA) is 108 Å². The zero-order valence-electron chi connectivity index (χ0n) is 19.7. The molecule has 0 spiro atoms. The van der Waals surface area contributed by atoms with Crippen LogP contribution in [0.5, 0.6) is 0 Å². The van der Waals surface area contributed by atoms with Gasteiger partial charge in [0.15, 0.2) is 11.5 Å². The molecule has 0 aliphatic rings. The van der Waals surface area contributed by atoms with Gasteiger partial charge in [0.1, 0.15) is 5.52 Å². The maximum Gasteiger partial charge on any atom is 0.161 e. The van der Waals surface area contributed by atoms with Crippen LogP contribution in [0.1, 0.15) is 19.4 Å². The lowest BCUT2D eigenvalue weighted by Crippen LogP contribution is -2.09. The van der Waals surface area contributed by atoms with Crippen molar-refractivity contribution in [2.75, 3.05) is 5.32 Å². The van der Waals surface area contributed by atoms with Gasteiger partial charge in [-0.2, -0.15) is 5.10 Å². The summed E-state index contributed by atoms with van der Waals surface area (Å²) < 4.78 is 0. The molecule has 0 bridgehead atoms. The average Bonchev–Trinajstić information content (AvgIpc) is 3.47. The van der Waals surface area contributed by atoms with Crippen LogP contribution >= 0.6 is 0 Å². The molecule has 6 aromatic rings. The van der Waals surface area contributed by atoms with E-state index >= 15 is 0 Å². The first-order valence-electron chi connectivity index (χ1n) is 11.5. The number of anilines is 1. The normalized spacial score (nSPS) is 11.5. The SMILES string of the molecule is Cc1cccc(-c2cncc3[nH]c(-c4n[nH]c5ccc(-c6cncc(NC(C)C)c6)nc45)nc23)c1. The molecular weight excluding hydrogens is 436 g/mol. The van der Waals surface area contributed by atoms with Crippen molar-refractivity contribution in [2.45, 2.75) is 26.8 Å². The number of hydrogen-bond donors (Lipinski definition) is 3. The van der Waals surface area contributed by atoms with Crippen LogP contribution in [0, 0.1) is 6.92 Å². The molecule has 8 heteroatoms. The van der Waals surface area contributed by atoms with E-state index in [4.69, 9.17) is 9.97 Å². The molecule has 1 aromatic carbocycles. The van der Waals surface area contributed by atoms with Gasteiger partial charge < -0.3 is 10.3 Å². The van der Waals surface area contributed by atoms with E-state index in [1.807, 2.05) is 36.8 Å². The summed E-state index contributed by atoms with van der Waals surface area (Å²) in [4.78, 5) is 22.0. The molecular formula is C27H24N8. The number of hydrogen-bond acceptors (Lipinski definition) is 6. The van der Waals surface area contributed by atoms with E-state index in [-0.39, 0.29) is 0 Å². The second-order valence-electron chi connectivity index (χ2n) is 8.96. The minimum atomic E-state index is 0.315. The molecule has 0 saturated heterocycles. The molecule has 6 rings (SSSR count). The Labute approximate surface area is 201 Å². The van der Waals surface area contributed by atoms with Crippen LogP contribution in [0.2, 0.25) is 0 Å². The van der Waals surface area contributed by atoms with Crippen molar-refractivity contribution in [1.82, 2.24) is 35.1 Å². The maximum absolute atomic E-state index is 4.93. The monoisotopic (exact) mass is 460 g/mol. The van der Waals surface area contributed by atoms with E-state index in [0.717, 1.165) is 50.1 Å². The number of aromatic amines is 2. The molecule has 0 radical (unpaired) electrons. The van der Waals surface area contributed by atoms with Gasteiger partial charge in [-0.25, -0.2) is 9.97 Å². The Bertz CT molecular complexity index is 1680. The van der Waals surface area contributed by atoms with Crippen molar-refractivity contribution in [3.63, 3.8) is 0 Å². The first kappa shape index (κ1) is 21.0. The number of nitrogens with zero attached hydrogens (tertiary/aromatic N) is 5. The van der Waals surface area contributed by atoms with E-state index in [1.165, 1.54) is 5.56 Å². The van der Waals surface area contributed by atoms with Crippen LogP contribution < -0.4 is 5.32 Å². The molecule has 0 atom stereocenters. The molecule has 0 saturated carbocycles. The molecule has 5 heterocycles. The smallest absolute Gasteiger partial charge is 0.161 e. The lowest BCUT2D eigenvalue weighted by atomic mass is 10.0. The summed E-state index contributed by atoms with van der Waals surface area (Å²) in [5, 5.41) is 11.0. The van der Waals surface area contributed by atoms with Gasteiger partial charge in [0.25, 0.3) is 0 Å². The van der Waals surface area contributed by atoms with Crippen LogP contribution in [0.3, 0.4) is 0 Å². The van der Waals surface area contributed by atoms with Crippen LogP contribution in [-0.2, 0) is 0 Å². The largest absolute Gasteiger partial charge is 0.382 e. The summed E-state index contributed by atoms with van der Waals surface area (Å²) in [5.74, 6) is 0.645. The number of benzene rings is 1. The van der Waals surface area contributed by atoms with E-state index in [9.17, 15) is 0 Å². The zero-order chi connectivity index (χ0) is 23.9. The zero-order valence-corrected chi connectivity index (χ0v) is 19.7. The number of rotatable bonds is 5. The second kappa shape index (κ2) is 8.32. The summed E-state index contributed by atoms with van der Waals surface area (Å²) in [5.41, 5.74) is 9.90. The first-order chi connectivity index (χ1) is 17.0. The predicted molar refractivity (Wildman–Crippen MR) is 139 cm³/mol. The van der Waals surface area contributed by atoms with Gasteiger partial charge in [-0.15, -0.1) is 0 Å². The third-order valence-electron chi connectivity index (χ3n) is 5.84. The molecule has 0 fully saturated rings. The number of fused-ring (bicyclic) bond motifs is 2. The lowest BCUT2D eigenvalue weighted by Gasteiger charge is -2.10. The van der Waals surface area contributed by atoms with Gasteiger partial charge >= 0.3 is 0 Å². The quantitative estimate of drug-likeness (QED) is 0.302. The Hall–Kier alpha value is -4.59. The second-order valence-corrected chi connectivity index (χ2v) is 8.96. The van der Waals surface area contributed by atoms with Gasteiger partial charge in [-0.05, 0) is 44.5 Å². The van der Waals surface area contributed by atoms with Crippen LogP contribution in [0.15, 0.2) is 67.3 Å². The van der Waals surface area contributed by atoms with E-state index < -0.39 is 0 Å². The van der Waals surface area contributed by atoms with Gasteiger partial charge in [0.2, 0.25) is 0 Å². The Morgan fingerprint density at radius 3 is 2.57 bits per heavy atom. The summed E-state index contributed by atoms with van der Waals surface area (Å²) in [7, 11) is 0. The highest BCUT2D eigenvalue weighted by Gasteiger charge is 2.17. The van der Waals surface area contributed by atoms with Crippen LogP contribution in [0.25, 0.3) is 56.0 Å². The van der Waals surface area contributed by atoms with Crippen molar-refractivity contribution in [1.29, 1.82) is 0 Å². The number of aryl methyl sites for hydroxylation is 1. The fourth-order valence-corrected chi connectivity index (χ4v) is 4.29. The molecule has 0 unspecified atom stereocenters. The number of pyridine rings is 3. The third-order valence-corrected chi connectivity index (χ3v) is 5.84. The van der Waals surface area contributed by atoms with Gasteiger partial charge in [0, 0.05) is 35.8 Å². The highest BCUT2D eigenvalue weighted by molar-refractivity contribution is 5.95. The minimum Gasteiger partial charge on any atom is -0.382 e. The number of H-pyrrole nitrogens is 2. The molecule has 8 nitrogen and oxygen atoms in total. The van der Waals surface area contributed by atoms with Crippen LogP contribution in [-0.4, -0.2) is 41.2 Å². The lowest BCUT2D eigenvalue weighted by molar-refractivity contribution is 0.898. The van der Waals surface area contributed by atoms with Crippen molar-refractivity contribution in [2.24, 2.45) is 0 Å². The summed E-state index contributed by atoms with van der Waals surface area (Å²) in [6.45, 7) is 6.28. The fraction of sp³-hybridized carbons (Fsp3) is 0.148. The van der Waals surface area contributed by atoms with Crippen molar-refractivity contribution in [3.05, 3.63) is 72.8 Å². The maximum atomic E-state index is 4.93. The number of imidazole rings is 1. The van der Waals surface area contributed by atoms with Crippen LogP contribution in [0.4, 0.5) is 5.69 Å². The third kappa shape index (κ3) is 3.89. The molecule has 0 amide bonds. The minimum absolute atomic E-state index is 0.315. The van der Waals surface area contributed by atoms with Gasteiger partial charge in [-0.1, -0.05) is 29.8 Å². The highest BCUT2D eigenvalue weighted by atomic mass is 15.2. The number of nitrogens with one attached hydrogen (secondary N) is 3. The van der Waals surface area contributed by atoms with E-state index in [0.29, 0.717) is 17.6 Å². The fourth-order valence-electron chi connectivity index (χ4n) is 4.29. The molecule has 35 heavy (non-hydrogen) atoms. The highest BCUT2D eigenvalue weighted by Crippen LogP contribution is 2.31. The summed E-state index contributed by atoms with van der Waals surface area (Å²) >= 11 is 0. The molecule has 0 aliphatic carbocycles. The Morgan fingerprint density at radius 2 is 1.71 bits per heavy atom. The molecule has 0 aliphatic heterocycles.